The summed E-state index contributed by atoms with van der Waals surface area (Å²) in [6.07, 6.45) is 23.0. The molecule has 0 atom stereocenters. The Hall–Kier alpha value is -1.77. The van der Waals surface area contributed by atoms with Gasteiger partial charge in [-0.15, -0.1) is 0 Å². The molecule has 0 bridgehead atoms. The lowest BCUT2D eigenvalue weighted by atomic mass is 10.2. The molecule has 0 saturated heterocycles. The molecule has 0 spiro atoms. The van der Waals surface area contributed by atoms with Gasteiger partial charge in [0.05, 0.1) is 5.76 Å². The van der Waals surface area contributed by atoms with Crippen LogP contribution in [0.2, 0.25) is 0 Å². The van der Waals surface area contributed by atoms with E-state index in [0.29, 0.717) is 18.6 Å². The highest BCUT2D eigenvalue weighted by molar-refractivity contribution is 5.66. The summed E-state index contributed by atoms with van der Waals surface area (Å²) >= 11 is 0. The molecule has 0 aliphatic rings. The third-order valence-electron chi connectivity index (χ3n) is 3.32. The zero-order valence-electron chi connectivity index (χ0n) is 14.4. The highest BCUT2D eigenvalue weighted by Crippen LogP contribution is 2.04. The first kappa shape index (κ1) is 21.2. The van der Waals surface area contributed by atoms with Gasteiger partial charge in [-0.1, -0.05) is 56.2 Å². The lowest BCUT2D eigenvalue weighted by Gasteiger charge is -1.94. The lowest BCUT2D eigenvalue weighted by Crippen LogP contribution is -1.92. The van der Waals surface area contributed by atoms with Gasteiger partial charge in [-0.05, 0) is 44.6 Å². The normalized spacial score (nSPS) is 12.8. The van der Waals surface area contributed by atoms with Crippen LogP contribution in [0.3, 0.4) is 0 Å². The second-order valence-corrected chi connectivity index (χ2v) is 5.57. The molecular formula is C20H32O3. The standard InChI is InChI=1S/C20H32O3/c1-2-3-4-5-6-7-8-9-10-13-16-19(21)17-14-11-12-15-18-20(22)23/h6-7,9-11,14,16,21H,2-5,8,12-13,15,17-18H2,1H3,(H,22,23)/b7-6-,10-9-,14-11-,19-16+. The minimum absolute atomic E-state index is 0.198. The summed E-state index contributed by atoms with van der Waals surface area (Å²) in [5, 5.41) is 18.2. The van der Waals surface area contributed by atoms with Crippen molar-refractivity contribution >= 4 is 5.97 Å². The molecule has 0 aromatic carbocycles. The number of aliphatic carboxylic acids is 1. The van der Waals surface area contributed by atoms with Crippen molar-refractivity contribution in [1.82, 2.24) is 0 Å². The second-order valence-electron chi connectivity index (χ2n) is 5.57. The molecule has 23 heavy (non-hydrogen) atoms. The Morgan fingerprint density at radius 2 is 1.48 bits per heavy atom. The van der Waals surface area contributed by atoms with E-state index < -0.39 is 5.97 Å². The molecule has 0 saturated carbocycles. The number of aliphatic hydroxyl groups excluding tert-OH is 1. The van der Waals surface area contributed by atoms with E-state index in [9.17, 15) is 9.90 Å². The molecule has 0 fully saturated rings. The monoisotopic (exact) mass is 320 g/mol. The third kappa shape index (κ3) is 18.2. The molecule has 0 aromatic heterocycles. The number of carbonyl (C=O) groups is 1. The molecular weight excluding hydrogens is 288 g/mol. The first-order chi connectivity index (χ1) is 11.2. The van der Waals surface area contributed by atoms with Crippen LogP contribution in [0.5, 0.6) is 0 Å². The van der Waals surface area contributed by atoms with Crippen molar-refractivity contribution < 1.29 is 15.0 Å². The van der Waals surface area contributed by atoms with Gasteiger partial charge in [-0.2, -0.15) is 0 Å². The highest BCUT2D eigenvalue weighted by atomic mass is 16.4. The first-order valence-corrected chi connectivity index (χ1v) is 8.71. The summed E-state index contributed by atoms with van der Waals surface area (Å²) in [5.74, 6) is -0.400. The maximum atomic E-state index is 10.3. The molecule has 0 aromatic rings. The molecule has 0 amide bonds. The summed E-state index contributed by atoms with van der Waals surface area (Å²) in [7, 11) is 0. The molecule has 0 unspecified atom stereocenters. The topological polar surface area (TPSA) is 57.5 Å². The second kappa shape index (κ2) is 16.6. The van der Waals surface area contributed by atoms with Crippen LogP contribution in [0.25, 0.3) is 0 Å². The van der Waals surface area contributed by atoms with Crippen LogP contribution in [-0.2, 0) is 4.79 Å². The van der Waals surface area contributed by atoms with E-state index in [-0.39, 0.29) is 6.42 Å². The van der Waals surface area contributed by atoms with Crippen molar-refractivity contribution in [2.24, 2.45) is 0 Å². The minimum Gasteiger partial charge on any atom is -0.512 e. The number of rotatable bonds is 14. The zero-order chi connectivity index (χ0) is 17.2. The van der Waals surface area contributed by atoms with Crippen molar-refractivity contribution in [3.8, 4) is 0 Å². The van der Waals surface area contributed by atoms with E-state index in [1.54, 1.807) is 0 Å². The Morgan fingerprint density at radius 3 is 2.22 bits per heavy atom. The molecule has 0 heterocycles. The maximum absolute atomic E-state index is 10.3. The Bertz CT molecular complexity index is 403. The van der Waals surface area contributed by atoms with Gasteiger partial charge in [0, 0.05) is 12.8 Å². The van der Waals surface area contributed by atoms with E-state index in [0.717, 1.165) is 19.3 Å². The third-order valence-corrected chi connectivity index (χ3v) is 3.32. The van der Waals surface area contributed by atoms with Gasteiger partial charge in [-0.25, -0.2) is 0 Å². The van der Waals surface area contributed by atoms with Gasteiger partial charge in [0.2, 0.25) is 0 Å². The number of allylic oxidation sites excluding steroid dienone is 7. The van der Waals surface area contributed by atoms with Crippen molar-refractivity contribution in [3.05, 3.63) is 48.3 Å². The van der Waals surface area contributed by atoms with Crippen LogP contribution in [0.4, 0.5) is 0 Å². The number of aliphatic hydroxyl groups is 1. The average Bonchev–Trinajstić information content (AvgIpc) is 2.52. The van der Waals surface area contributed by atoms with Gasteiger partial charge in [0.1, 0.15) is 0 Å². The Balaban J connectivity index is 3.63. The molecule has 3 nitrogen and oxygen atoms in total. The van der Waals surface area contributed by atoms with Gasteiger partial charge in [-0.3, -0.25) is 4.79 Å². The van der Waals surface area contributed by atoms with Gasteiger partial charge < -0.3 is 10.2 Å². The number of hydrogen-bond donors (Lipinski definition) is 2. The van der Waals surface area contributed by atoms with Crippen LogP contribution < -0.4 is 0 Å². The predicted molar refractivity (Wildman–Crippen MR) is 97.6 cm³/mol. The average molecular weight is 320 g/mol. The molecule has 0 aliphatic carbocycles. The van der Waals surface area contributed by atoms with Crippen LogP contribution in [0.1, 0.15) is 71.1 Å². The Morgan fingerprint density at radius 1 is 0.826 bits per heavy atom. The van der Waals surface area contributed by atoms with E-state index in [2.05, 4.69) is 31.2 Å². The number of carboxylic acids is 1. The van der Waals surface area contributed by atoms with Crippen molar-refractivity contribution in [2.45, 2.75) is 71.1 Å². The van der Waals surface area contributed by atoms with Crippen molar-refractivity contribution in [2.75, 3.05) is 0 Å². The number of hydrogen-bond acceptors (Lipinski definition) is 2. The summed E-state index contributed by atoms with van der Waals surface area (Å²) in [6, 6.07) is 0. The molecule has 0 aliphatic heterocycles. The van der Waals surface area contributed by atoms with Gasteiger partial charge in [0.15, 0.2) is 0 Å². The maximum Gasteiger partial charge on any atom is 0.303 e. The summed E-state index contributed by atoms with van der Waals surface area (Å²) in [4.78, 5) is 10.3. The smallest absolute Gasteiger partial charge is 0.303 e. The molecule has 2 N–H and O–H groups in total. The summed E-state index contributed by atoms with van der Waals surface area (Å²) in [5.41, 5.74) is 0. The van der Waals surface area contributed by atoms with Crippen LogP contribution in [0.15, 0.2) is 48.3 Å². The van der Waals surface area contributed by atoms with E-state index in [4.69, 9.17) is 5.11 Å². The summed E-state index contributed by atoms with van der Waals surface area (Å²) < 4.78 is 0. The van der Waals surface area contributed by atoms with E-state index >= 15 is 0 Å². The highest BCUT2D eigenvalue weighted by Gasteiger charge is 1.93. The fourth-order valence-corrected chi connectivity index (χ4v) is 1.98. The zero-order valence-corrected chi connectivity index (χ0v) is 14.4. The minimum atomic E-state index is -0.760. The number of unbranched alkanes of at least 4 members (excludes halogenated alkanes) is 4. The van der Waals surface area contributed by atoms with Crippen LogP contribution in [0, 0.1) is 0 Å². The van der Waals surface area contributed by atoms with Crippen molar-refractivity contribution in [1.29, 1.82) is 0 Å². The van der Waals surface area contributed by atoms with E-state index in [1.807, 2.05) is 18.2 Å². The number of carboxylic acid groups (broad SMARTS) is 1. The van der Waals surface area contributed by atoms with Crippen molar-refractivity contribution in [3.63, 3.8) is 0 Å². The lowest BCUT2D eigenvalue weighted by molar-refractivity contribution is -0.137. The molecule has 130 valence electrons. The Kier molecular flexibility index (Phi) is 15.3. The van der Waals surface area contributed by atoms with Crippen LogP contribution in [-0.4, -0.2) is 16.2 Å². The molecule has 3 heteroatoms. The fraction of sp³-hybridized carbons (Fsp3) is 0.550. The van der Waals surface area contributed by atoms with Gasteiger partial charge in [0.25, 0.3) is 0 Å². The summed E-state index contributed by atoms with van der Waals surface area (Å²) in [6.45, 7) is 2.21. The molecule has 0 rings (SSSR count). The Labute approximate surface area is 141 Å². The quantitative estimate of drug-likeness (QED) is 0.231. The SMILES string of the molecule is CCCCC/C=C\C/C=C\C/C=C(/O)C/C=C\CCCC(=O)O. The van der Waals surface area contributed by atoms with Gasteiger partial charge >= 0.3 is 5.97 Å². The molecule has 0 radical (unpaired) electrons. The van der Waals surface area contributed by atoms with E-state index in [1.165, 1.54) is 25.7 Å². The fourth-order valence-electron chi connectivity index (χ4n) is 1.98. The predicted octanol–water partition coefficient (Wildman–Crippen LogP) is 6.10. The van der Waals surface area contributed by atoms with Crippen LogP contribution >= 0.6 is 0 Å². The largest absolute Gasteiger partial charge is 0.512 e. The first-order valence-electron chi connectivity index (χ1n) is 8.71.